The quantitative estimate of drug-likeness (QED) is 0.916. The minimum atomic E-state index is -0.293. The van der Waals surface area contributed by atoms with E-state index in [0.717, 1.165) is 20.6 Å². The fourth-order valence-electron chi connectivity index (χ4n) is 2.35. The number of carbonyl (C=O) groups is 1. The summed E-state index contributed by atoms with van der Waals surface area (Å²) in [5.41, 5.74) is 1.28. The second kappa shape index (κ2) is 5.84. The molecule has 3 rings (SSSR count). The first-order chi connectivity index (χ1) is 10.2. The van der Waals surface area contributed by atoms with Crippen LogP contribution in [0.4, 0.5) is 0 Å². The smallest absolute Gasteiger partial charge is 0.264 e. The van der Waals surface area contributed by atoms with Gasteiger partial charge in [0.1, 0.15) is 17.0 Å². The second-order valence-electron chi connectivity index (χ2n) is 4.52. The standard InChI is InChI=1S/C16H12N2OS2/c1-20-16-13(9-17)14(19)18-15(21-16)12-8-4-6-10-5-2-3-7-11(10)12/h2-8,15H,1H3,(H,18,19)/t15-/m0/s1. The summed E-state index contributed by atoms with van der Waals surface area (Å²) in [5, 5.41) is 14.1. The number of thioether (sulfide) groups is 2. The SMILES string of the molecule is CSC1=C(C#N)C(=O)N[C@H](c2cccc3ccccc23)S1. The van der Waals surface area contributed by atoms with Gasteiger partial charge >= 0.3 is 0 Å². The van der Waals surface area contributed by atoms with Gasteiger partial charge in [0.2, 0.25) is 0 Å². The van der Waals surface area contributed by atoms with Crippen LogP contribution in [0, 0.1) is 11.3 Å². The molecular formula is C16H12N2OS2. The molecule has 1 atom stereocenters. The summed E-state index contributed by atoms with van der Waals surface area (Å²) in [6, 6.07) is 16.2. The van der Waals surface area contributed by atoms with Crippen molar-refractivity contribution in [1.29, 1.82) is 5.26 Å². The maximum atomic E-state index is 12.1. The molecule has 0 bridgehead atoms. The van der Waals surface area contributed by atoms with E-state index in [1.54, 1.807) is 0 Å². The van der Waals surface area contributed by atoms with E-state index in [4.69, 9.17) is 5.26 Å². The maximum Gasteiger partial charge on any atom is 0.264 e. The average Bonchev–Trinajstić information content (AvgIpc) is 2.53. The zero-order chi connectivity index (χ0) is 14.8. The van der Waals surface area contributed by atoms with Crippen LogP contribution in [-0.2, 0) is 4.79 Å². The Balaban J connectivity index is 2.08. The largest absolute Gasteiger partial charge is 0.335 e. The summed E-state index contributed by atoms with van der Waals surface area (Å²) in [5.74, 6) is -0.293. The third-order valence-electron chi connectivity index (χ3n) is 3.32. The first-order valence-corrected chi connectivity index (χ1v) is 8.48. The Kier molecular flexibility index (Phi) is 3.91. The van der Waals surface area contributed by atoms with Gasteiger partial charge in [0.15, 0.2) is 0 Å². The van der Waals surface area contributed by atoms with Gasteiger partial charge in [-0.3, -0.25) is 4.79 Å². The van der Waals surface area contributed by atoms with Crippen LogP contribution in [0.25, 0.3) is 10.8 Å². The lowest BCUT2D eigenvalue weighted by Gasteiger charge is -2.25. The number of nitrogens with one attached hydrogen (secondary N) is 1. The summed E-state index contributed by atoms with van der Waals surface area (Å²) in [6.07, 6.45) is 1.89. The third-order valence-corrected chi connectivity index (χ3v) is 5.71. The van der Waals surface area contributed by atoms with Crippen molar-refractivity contribution < 1.29 is 4.79 Å². The summed E-state index contributed by atoms with van der Waals surface area (Å²) in [4.78, 5) is 12.1. The molecule has 0 radical (unpaired) electrons. The van der Waals surface area contributed by atoms with Crippen molar-refractivity contribution in [3.05, 3.63) is 57.8 Å². The molecule has 1 aliphatic rings. The number of fused-ring (bicyclic) bond motifs is 1. The molecule has 0 spiro atoms. The number of benzene rings is 2. The number of hydrogen-bond acceptors (Lipinski definition) is 4. The third kappa shape index (κ3) is 2.53. The molecule has 0 saturated heterocycles. The molecule has 0 fully saturated rings. The van der Waals surface area contributed by atoms with E-state index in [-0.39, 0.29) is 16.9 Å². The average molecular weight is 312 g/mol. The van der Waals surface area contributed by atoms with Gasteiger partial charge in [-0.05, 0) is 22.6 Å². The molecule has 1 heterocycles. The van der Waals surface area contributed by atoms with Crippen molar-refractivity contribution in [2.75, 3.05) is 6.26 Å². The van der Waals surface area contributed by atoms with E-state index >= 15 is 0 Å². The number of hydrogen-bond donors (Lipinski definition) is 1. The monoisotopic (exact) mass is 312 g/mol. The number of amides is 1. The van der Waals surface area contributed by atoms with Gasteiger partial charge in [-0.1, -0.05) is 54.2 Å². The molecule has 1 amide bonds. The van der Waals surface area contributed by atoms with Crippen LogP contribution in [0.3, 0.4) is 0 Å². The molecule has 0 aromatic heterocycles. The fraction of sp³-hybridized carbons (Fsp3) is 0.125. The molecule has 2 aromatic rings. The first kappa shape index (κ1) is 14.1. The zero-order valence-corrected chi connectivity index (χ0v) is 12.9. The van der Waals surface area contributed by atoms with Crippen molar-refractivity contribution in [2.45, 2.75) is 5.37 Å². The highest BCUT2D eigenvalue weighted by molar-refractivity contribution is 8.22. The number of nitriles is 1. The minimum absolute atomic E-state index is 0.164. The Morgan fingerprint density at radius 1 is 1.24 bits per heavy atom. The molecule has 2 aromatic carbocycles. The molecule has 5 heteroatoms. The van der Waals surface area contributed by atoms with E-state index in [2.05, 4.69) is 23.5 Å². The van der Waals surface area contributed by atoms with Crippen LogP contribution >= 0.6 is 23.5 Å². The molecular weight excluding hydrogens is 300 g/mol. The highest BCUT2D eigenvalue weighted by Crippen LogP contribution is 2.44. The molecule has 1 aliphatic heterocycles. The summed E-state index contributed by atoms with van der Waals surface area (Å²) < 4.78 is 0.777. The minimum Gasteiger partial charge on any atom is -0.335 e. The Morgan fingerprint density at radius 2 is 2.00 bits per heavy atom. The van der Waals surface area contributed by atoms with Crippen LogP contribution in [-0.4, -0.2) is 12.2 Å². The molecule has 1 N–H and O–H groups in total. The summed E-state index contributed by atoms with van der Waals surface area (Å²) in [6.45, 7) is 0. The predicted octanol–water partition coefficient (Wildman–Crippen LogP) is 3.80. The Bertz CT molecular complexity index is 787. The fourth-order valence-corrected chi connectivity index (χ4v) is 4.33. The van der Waals surface area contributed by atoms with Gasteiger partial charge in [0.05, 0.1) is 4.24 Å². The van der Waals surface area contributed by atoms with Crippen molar-refractivity contribution >= 4 is 40.2 Å². The second-order valence-corrected chi connectivity index (χ2v) is 6.71. The van der Waals surface area contributed by atoms with Gasteiger partial charge in [0, 0.05) is 0 Å². The summed E-state index contributed by atoms with van der Waals surface area (Å²) >= 11 is 2.97. The topological polar surface area (TPSA) is 52.9 Å². The van der Waals surface area contributed by atoms with Crippen molar-refractivity contribution in [3.8, 4) is 6.07 Å². The number of rotatable bonds is 2. The van der Waals surface area contributed by atoms with Gasteiger partial charge in [0.25, 0.3) is 5.91 Å². The lowest BCUT2D eigenvalue weighted by molar-refractivity contribution is -0.117. The van der Waals surface area contributed by atoms with E-state index in [1.807, 2.05) is 36.6 Å². The van der Waals surface area contributed by atoms with Crippen LogP contribution in [0.1, 0.15) is 10.9 Å². The van der Waals surface area contributed by atoms with Crippen LogP contribution in [0.2, 0.25) is 0 Å². The Morgan fingerprint density at radius 3 is 2.76 bits per heavy atom. The Hall–Kier alpha value is -1.90. The van der Waals surface area contributed by atoms with E-state index in [1.165, 1.54) is 23.5 Å². The Labute approximate surface area is 131 Å². The zero-order valence-electron chi connectivity index (χ0n) is 11.3. The van der Waals surface area contributed by atoms with Gasteiger partial charge in [-0.15, -0.1) is 11.8 Å². The molecule has 0 saturated carbocycles. The maximum absolute atomic E-state index is 12.1. The molecule has 3 nitrogen and oxygen atoms in total. The van der Waals surface area contributed by atoms with Crippen LogP contribution in [0.5, 0.6) is 0 Å². The molecule has 0 aliphatic carbocycles. The van der Waals surface area contributed by atoms with E-state index in [9.17, 15) is 4.79 Å². The predicted molar refractivity (Wildman–Crippen MR) is 88.6 cm³/mol. The number of nitrogens with zero attached hydrogens (tertiary/aromatic N) is 1. The molecule has 0 unspecified atom stereocenters. The summed E-state index contributed by atoms with van der Waals surface area (Å²) in [7, 11) is 0. The van der Waals surface area contributed by atoms with Crippen molar-refractivity contribution in [2.24, 2.45) is 0 Å². The molecule has 21 heavy (non-hydrogen) atoms. The highest BCUT2D eigenvalue weighted by Gasteiger charge is 2.29. The van der Waals surface area contributed by atoms with Gasteiger partial charge < -0.3 is 5.32 Å². The van der Waals surface area contributed by atoms with Gasteiger partial charge in [-0.25, -0.2) is 0 Å². The van der Waals surface area contributed by atoms with Crippen molar-refractivity contribution in [1.82, 2.24) is 5.32 Å². The first-order valence-electron chi connectivity index (χ1n) is 6.38. The lowest BCUT2D eigenvalue weighted by Crippen LogP contribution is -2.31. The highest BCUT2D eigenvalue weighted by atomic mass is 32.2. The van der Waals surface area contributed by atoms with Gasteiger partial charge in [-0.2, -0.15) is 5.26 Å². The van der Waals surface area contributed by atoms with Crippen LogP contribution < -0.4 is 5.32 Å². The van der Waals surface area contributed by atoms with E-state index < -0.39 is 0 Å². The molecule has 104 valence electrons. The van der Waals surface area contributed by atoms with Crippen molar-refractivity contribution in [3.63, 3.8) is 0 Å². The van der Waals surface area contributed by atoms with E-state index in [0.29, 0.717) is 0 Å². The number of carbonyl (C=O) groups excluding carboxylic acids is 1. The normalized spacial score (nSPS) is 18.5. The lowest BCUT2D eigenvalue weighted by atomic mass is 10.0. The van der Waals surface area contributed by atoms with Crippen LogP contribution in [0.15, 0.2) is 52.3 Å².